The largest absolute Gasteiger partial charge is 0.444 e. The maximum Gasteiger partial charge on any atom is 0.407 e. The molecule has 0 aromatic rings. The zero-order chi connectivity index (χ0) is 17.0. The van der Waals surface area contributed by atoms with Gasteiger partial charge in [-0.15, -0.1) is 0 Å². The molecular weight excluding hydrogens is 288 g/mol. The monoisotopic (exact) mass is 320 g/mol. The van der Waals surface area contributed by atoms with Crippen LogP contribution in [0.5, 0.6) is 0 Å². The summed E-state index contributed by atoms with van der Waals surface area (Å²) in [7, 11) is 1.69. The van der Waals surface area contributed by atoms with Gasteiger partial charge in [0.05, 0.1) is 0 Å². The number of nitrogens with one attached hydrogen (secondary N) is 3. The first kappa shape index (κ1) is 21.1. The van der Waals surface area contributed by atoms with Gasteiger partial charge in [-0.1, -0.05) is 0 Å². The highest BCUT2D eigenvalue weighted by molar-refractivity contribution is 5.67. The zero-order valence-electron chi connectivity index (χ0n) is 14.4. The number of hydrogen-bond donors (Lipinski definition) is 4. The summed E-state index contributed by atoms with van der Waals surface area (Å²) in [5.74, 6) is 0. The second kappa shape index (κ2) is 11.6. The number of unbranched alkanes of at least 4 members (excludes halogenated alkanes) is 1. The van der Waals surface area contributed by atoms with E-state index in [1.165, 1.54) is 0 Å². The fraction of sp³-hybridized carbons (Fsp3) is 0.929. The van der Waals surface area contributed by atoms with E-state index in [-0.39, 0.29) is 0 Å². The smallest absolute Gasteiger partial charge is 0.407 e. The molecule has 0 aliphatic heterocycles. The second-order valence-electron chi connectivity index (χ2n) is 5.84. The molecule has 0 aromatic carbocycles. The van der Waals surface area contributed by atoms with Crippen molar-refractivity contribution in [1.82, 2.24) is 21.1 Å². The van der Waals surface area contributed by atoms with Gasteiger partial charge in [0.25, 0.3) is 0 Å². The minimum atomic E-state index is -0.824. The van der Waals surface area contributed by atoms with E-state index < -0.39 is 18.0 Å². The van der Waals surface area contributed by atoms with Crippen molar-refractivity contribution in [2.45, 2.75) is 52.5 Å². The molecule has 0 aliphatic rings. The molecule has 0 fully saturated rings. The van der Waals surface area contributed by atoms with E-state index in [2.05, 4.69) is 16.2 Å². The Bertz CT molecular complexity index is 297. The topological polar surface area (TPSA) is 95.1 Å². The number of aliphatic hydroxyl groups excluding tert-OH is 1. The van der Waals surface area contributed by atoms with Crippen LogP contribution in [0.4, 0.5) is 4.79 Å². The Morgan fingerprint density at radius 1 is 1.32 bits per heavy atom. The Balaban J connectivity index is 3.90. The third kappa shape index (κ3) is 11.7. The normalized spacial score (nSPS) is 13.2. The van der Waals surface area contributed by atoms with Gasteiger partial charge in [-0.2, -0.15) is 0 Å². The molecule has 0 bridgehead atoms. The van der Waals surface area contributed by atoms with E-state index in [1.54, 1.807) is 11.9 Å². The lowest BCUT2D eigenvalue weighted by Gasteiger charge is -2.27. The van der Waals surface area contributed by atoms with Crippen LogP contribution in [0.2, 0.25) is 0 Å². The number of amides is 1. The van der Waals surface area contributed by atoms with Gasteiger partial charge in [0.15, 0.2) is 6.35 Å². The van der Waals surface area contributed by atoms with Crippen molar-refractivity contribution in [3.63, 3.8) is 0 Å². The molecule has 1 unspecified atom stereocenters. The molecule has 132 valence electrons. The van der Waals surface area contributed by atoms with Crippen LogP contribution in [0.3, 0.4) is 0 Å². The lowest BCUT2D eigenvalue weighted by molar-refractivity contribution is -0.0909. The Morgan fingerprint density at radius 2 is 2.00 bits per heavy atom. The standard InChI is InChI=1S/C14H32N4O4/c1-6-21-11-18(12(19)17-15-5)10-8-7-9-16-13(20)22-14(2,3)4/h12,15,17,19H,6-11H2,1-5H3,(H,16,20). The van der Waals surface area contributed by atoms with E-state index in [9.17, 15) is 9.90 Å². The number of ether oxygens (including phenoxy) is 2. The predicted octanol–water partition coefficient (Wildman–Crippen LogP) is 0.587. The van der Waals surface area contributed by atoms with Crippen molar-refractivity contribution in [3.05, 3.63) is 0 Å². The fourth-order valence-corrected chi connectivity index (χ4v) is 1.63. The maximum absolute atomic E-state index is 11.5. The fourth-order valence-electron chi connectivity index (χ4n) is 1.63. The Morgan fingerprint density at radius 3 is 2.55 bits per heavy atom. The minimum Gasteiger partial charge on any atom is -0.444 e. The summed E-state index contributed by atoms with van der Waals surface area (Å²) < 4.78 is 10.5. The zero-order valence-corrected chi connectivity index (χ0v) is 14.4. The molecule has 8 heteroatoms. The molecule has 1 atom stereocenters. The highest BCUT2D eigenvalue weighted by Crippen LogP contribution is 2.06. The molecule has 0 heterocycles. The van der Waals surface area contributed by atoms with Crippen LogP contribution < -0.4 is 16.2 Å². The van der Waals surface area contributed by atoms with Gasteiger partial charge in [-0.25, -0.2) is 15.1 Å². The third-order valence-electron chi connectivity index (χ3n) is 2.62. The maximum atomic E-state index is 11.5. The molecule has 8 nitrogen and oxygen atoms in total. The average Bonchev–Trinajstić information content (AvgIpc) is 2.40. The lowest BCUT2D eigenvalue weighted by atomic mass is 10.2. The quantitative estimate of drug-likeness (QED) is 0.251. The van der Waals surface area contributed by atoms with Crippen molar-refractivity contribution < 1.29 is 19.4 Å². The van der Waals surface area contributed by atoms with E-state index in [1.807, 2.05) is 27.7 Å². The average molecular weight is 320 g/mol. The molecule has 0 aromatic heterocycles. The van der Waals surface area contributed by atoms with Crippen molar-refractivity contribution in [3.8, 4) is 0 Å². The summed E-state index contributed by atoms with van der Waals surface area (Å²) in [4.78, 5) is 13.2. The number of carbonyl (C=O) groups excluding carboxylic acids is 1. The van der Waals surface area contributed by atoms with Crippen LogP contribution in [-0.2, 0) is 9.47 Å². The summed E-state index contributed by atoms with van der Waals surface area (Å²) in [5, 5.41) is 12.6. The van der Waals surface area contributed by atoms with Crippen molar-refractivity contribution in [2.24, 2.45) is 0 Å². The molecule has 0 rings (SSSR count). The highest BCUT2D eigenvalue weighted by atomic mass is 16.6. The number of aliphatic hydroxyl groups is 1. The predicted molar refractivity (Wildman–Crippen MR) is 84.9 cm³/mol. The van der Waals surface area contributed by atoms with E-state index >= 15 is 0 Å². The van der Waals surface area contributed by atoms with Gasteiger partial charge in [0.1, 0.15) is 12.3 Å². The summed E-state index contributed by atoms with van der Waals surface area (Å²) in [6.07, 6.45) is 0.366. The summed E-state index contributed by atoms with van der Waals surface area (Å²) in [6, 6.07) is 0. The van der Waals surface area contributed by atoms with E-state index in [0.29, 0.717) is 26.4 Å². The van der Waals surface area contributed by atoms with Crippen LogP contribution in [0.15, 0.2) is 0 Å². The number of hydrogen-bond acceptors (Lipinski definition) is 7. The first-order chi connectivity index (χ1) is 10.3. The minimum absolute atomic E-state index is 0.339. The molecule has 1 amide bonds. The van der Waals surface area contributed by atoms with Crippen molar-refractivity contribution in [1.29, 1.82) is 0 Å². The Labute approximate surface area is 133 Å². The molecule has 0 spiro atoms. The van der Waals surface area contributed by atoms with Gasteiger partial charge < -0.3 is 19.9 Å². The Hall–Kier alpha value is -0.930. The molecular formula is C14H32N4O4. The van der Waals surface area contributed by atoms with Crippen LogP contribution >= 0.6 is 0 Å². The number of nitrogens with zero attached hydrogens (tertiary/aromatic N) is 1. The van der Waals surface area contributed by atoms with Crippen LogP contribution in [0, 0.1) is 0 Å². The van der Waals surface area contributed by atoms with Gasteiger partial charge >= 0.3 is 6.09 Å². The molecule has 22 heavy (non-hydrogen) atoms. The van der Waals surface area contributed by atoms with Crippen LogP contribution in [-0.4, -0.2) is 61.5 Å². The van der Waals surface area contributed by atoms with Crippen molar-refractivity contribution in [2.75, 3.05) is 33.5 Å². The molecule has 4 N–H and O–H groups in total. The number of carbonyl (C=O) groups is 1. The summed E-state index contributed by atoms with van der Waals surface area (Å²) >= 11 is 0. The summed E-state index contributed by atoms with van der Waals surface area (Å²) in [5.41, 5.74) is 4.91. The Kier molecular flexibility index (Phi) is 11.1. The van der Waals surface area contributed by atoms with E-state index in [4.69, 9.17) is 9.47 Å². The number of alkyl carbamates (subject to hydrolysis) is 1. The lowest BCUT2D eigenvalue weighted by Crippen LogP contribution is -2.51. The first-order valence-corrected chi connectivity index (χ1v) is 7.69. The highest BCUT2D eigenvalue weighted by Gasteiger charge is 2.16. The molecule has 0 aliphatic carbocycles. The third-order valence-corrected chi connectivity index (χ3v) is 2.62. The second-order valence-corrected chi connectivity index (χ2v) is 5.84. The van der Waals surface area contributed by atoms with E-state index in [0.717, 1.165) is 12.8 Å². The van der Waals surface area contributed by atoms with Crippen LogP contribution in [0.1, 0.15) is 40.5 Å². The molecule has 0 saturated carbocycles. The van der Waals surface area contributed by atoms with Crippen LogP contribution in [0.25, 0.3) is 0 Å². The SMILES string of the molecule is CCOCN(CCCCNC(=O)OC(C)(C)C)C(O)NNC. The van der Waals surface area contributed by atoms with Gasteiger partial charge in [-0.3, -0.25) is 5.43 Å². The van der Waals surface area contributed by atoms with Crippen molar-refractivity contribution >= 4 is 6.09 Å². The summed E-state index contributed by atoms with van der Waals surface area (Å²) in [6.45, 7) is 9.49. The number of hydrazine groups is 1. The van der Waals surface area contributed by atoms with Gasteiger partial charge in [0.2, 0.25) is 0 Å². The molecule has 0 saturated heterocycles. The number of rotatable bonds is 11. The van der Waals surface area contributed by atoms with Gasteiger partial charge in [0, 0.05) is 19.7 Å². The van der Waals surface area contributed by atoms with Gasteiger partial charge in [-0.05, 0) is 47.6 Å². The first-order valence-electron chi connectivity index (χ1n) is 7.69. The molecule has 0 radical (unpaired) electrons.